The first-order valence-electron chi connectivity index (χ1n) is 7.60. The molecule has 0 aliphatic carbocycles. The number of likely N-dealkylation sites (N-methyl/N-ethyl adjacent to an activating group) is 1. The van der Waals surface area contributed by atoms with E-state index in [9.17, 15) is 17.6 Å². The van der Waals surface area contributed by atoms with Crippen molar-refractivity contribution in [3.8, 4) is 0 Å². The van der Waals surface area contributed by atoms with Crippen molar-refractivity contribution in [1.82, 2.24) is 9.62 Å². The maximum absolute atomic E-state index is 13.6. The number of anilines is 1. The van der Waals surface area contributed by atoms with Gasteiger partial charge in [0.05, 0.1) is 10.6 Å². The van der Waals surface area contributed by atoms with Gasteiger partial charge in [0.1, 0.15) is 5.82 Å². The highest BCUT2D eigenvalue weighted by atomic mass is 32.2. The average molecular weight is 365 g/mol. The molecule has 0 atom stereocenters. The molecule has 2 aromatic rings. The Morgan fingerprint density at radius 1 is 1.12 bits per heavy atom. The maximum Gasteiger partial charge on any atom is 0.255 e. The Kier molecular flexibility index (Phi) is 6.24. The highest BCUT2D eigenvalue weighted by molar-refractivity contribution is 7.89. The summed E-state index contributed by atoms with van der Waals surface area (Å²) in [6.45, 7) is 0.799. The molecule has 0 aliphatic heterocycles. The Labute approximate surface area is 146 Å². The fourth-order valence-electron chi connectivity index (χ4n) is 2.05. The Hall–Kier alpha value is -2.29. The zero-order valence-corrected chi connectivity index (χ0v) is 14.8. The number of carbonyl (C=O) groups is 1. The number of para-hydroxylation sites is 1. The smallest absolute Gasteiger partial charge is 0.255 e. The Balaban J connectivity index is 2.15. The van der Waals surface area contributed by atoms with Crippen LogP contribution in [0.3, 0.4) is 0 Å². The van der Waals surface area contributed by atoms with Crippen LogP contribution in [0, 0.1) is 5.82 Å². The summed E-state index contributed by atoms with van der Waals surface area (Å²) in [6.07, 6.45) is 0. The van der Waals surface area contributed by atoms with Gasteiger partial charge in [0.15, 0.2) is 0 Å². The van der Waals surface area contributed by atoms with Crippen LogP contribution in [0.1, 0.15) is 10.4 Å². The normalized spacial score (nSPS) is 11.5. The number of halogens is 1. The van der Waals surface area contributed by atoms with Gasteiger partial charge in [-0.2, -0.15) is 0 Å². The number of carbonyl (C=O) groups excluding carboxylic acids is 1. The number of hydrogen-bond acceptors (Lipinski definition) is 4. The van der Waals surface area contributed by atoms with E-state index in [2.05, 4.69) is 10.0 Å². The lowest BCUT2D eigenvalue weighted by atomic mass is 10.2. The summed E-state index contributed by atoms with van der Waals surface area (Å²) in [7, 11) is -0.0532. The third kappa shape index (κ3) is 5.35. The Bertz CT molecular complexity index is 854. The van der Waals surface area contributed by atoms with Gasteiger partial charge in [0, 0.05) is 18.7 Å². The molecule has 0 aromatic heterocycles. The molecule has 6 nitrogen and oxygen atoms in total. The quantitative estimate of drug-likeness (QED) is 0.786. The monoisotopic (exact) mass is 365 g/mol. The zero-order valence-electron chi connectivity index (χ0n) is 14.0. The fraction of sp³-hybridized carbons (Fsp3) is 0.235. The molecule has 0 aliphatic rings. The van der Waals surface area contributed by atoms with Gasteiger partial charge in [0.2, 0.25) is 10.0 Å². The molecule has 25 heavy (non-hydrogen) atoms. The molecular weight excluding hydrogens is 345 g/mol. The molecule has 0 saturated heterocycles. The molecule has 2 aromatic carbocycles. The van der Waals surface area contributed by atoms with E-state index in [1.807, 2.05) is 19.0 Å². The topological polar surface area (TPSA) is 78.5 Å². The van der Waals surface area contributed by atoms with Crippen LogP contribution in [-0.4, -0.2) is 46.4 Å². The van der Waals surface area contributed by atoms with Crippen molar-refractivity contribution in [2.45, 2.75) is 4.90 Å². The van der Waals surface area contributed by atoms with Gasteiger partial charge in [-0.05, 0) is 44.4 Å². The third-order valence-electron chi connectivity index (χ3n) is 3.38. The zero-order chi connectivity index (χ0) is 18.4. The van der Waals surface area contributed by atoms with E-state index in [-0.39, 0.29) is 22.7 Å². The van der Waals surface area contributed by atoms with Crippen LogP contribution >= 0.6 is 0 Å². The molecule has 0 unspecified atom stereocenters. The summed E-state index contributed by atoms with van der Waals surface area (Å²) < 4.78 is 40.6. The highest BCUT2D eigenvalue weighted by Gasteiger charge is 2.16. The van der Waals surface area contributed by atoms with E-state index in [4.69, 9.17) is 0 Å². The molecule has 0 saturated carbocycles. The molecule has 1 amide bonds. The van der Waals surface area contributed by atoms with Crippen molar-refractivity contribution in [2.24, 2.45) is 0 Å². The molecule has 0 bridgehead atoms. The minimum Gasteiger partial charge on any atom is -0.319 e. The second-order valence-electron chi connectivity index (χ2n) is 5.66. The summed E-state index contributed by atoms with van der Waals surface area (Å²) in [4.78, 5) is 14.1. The van der Waals surface area contributed by atoms with E-state index in [0.29, 0.717) is 6.54 Å². The van der Waals surface area contributed by atoms with E-state index in [1.54, 1.807) is 6.07 Å². The number of hydrogen-bond donors (Lipinski definition) is 2. The van der Waals surface area contributed by atoms with E-state index < -0.39 is 21.7 Å². The van der Waals surface area contributed by atoms with Crippen molar-refractivity contribution in [2.75, 3.05) is 32.5 Å². The van der Waals surface area contributed by atoms with Crippen molar-refractivity contribution >= 4 is 21.6 Å². The van der Waals surface area contributed by atoms with E-state index in [0.717, 1.165) is 0 Å². The van der Waals surface area contributed by atoms with Crippen LogP contribution in [0.5, 0.6) is 0 Å². The first-order chi connectivity index (χ1) is 11.8. The fourth-order valence-corrected chi connectivity index (χ4v) is 3.12. The predicted molar refractivity (Wildman–Crippen MR) is 94.5 cm³/mol. The highest BCUT2D eigenvalue weighted by Crippen LogP contribution is 2.16. The lowest BCUT2D eigenvalue weighted by molar-refractivity contribution is 0.102. The summed E-state index contributed by atoms with van der Waals surface area (Å²) in [5.74, 6) is -1.15. The van der Waals surface area contributed by atoms with Gasteiger partial charge in [-0.1, -0.05) is 18.2 Å². The standard InChI is InChI=1S/C17H20FN3O3S/c1-21(2)11-10-19-25(23,24)14-7-5-6-13(12-14)17(22)20-16-9-4-3-8-15(16)18/h3-9,12,19H,10-11H2,1-2H3,(H,20,22). The summed E-state index contributed by atoms with van der Waals surface area (Å²) in [6, 6.07) is 11.4. The summed E-state index contributed by atoms with van der Waals surface area (Å²) >= 11 is 0. The average Bonchev–Trinajstić information content (AvgIpc) is 2.56. The van der Waals surface area contributed by atoms with E-state index in [1.165, 1.54) is 42.5 Å². The summed E-state index contributed by atoms with van der Waals surface area (Å²) in [5, 5.41) is 2.43. The Morgan fingerprint density at radius 2 is 1.84 bits per heavy atom. The molecule has 0 spiro atoms. The SMILES string of the molecule is CN(C)CCNS(=O)(=O)c1cccc(C(=O)Nc2ccccc2F)c1. The summed E-state index contributed by atoms with van der Waals surface area (Å²) in [5.41, 5.74) is 0.156. The van der Waals surface area contributed by atoms with Crippen molar-refractivity contribution < 1.29 is 17.6 Å². The number of amides is 1. The van der Waals surface area contributed by atoms with Crippen molar-refractivity contribution in [3.63, 3.8) is 0 Å². The van der Waals surface area contributed by atoms with Gasteiger partial charge < -0.3 is 10.2 Å². The largest absolute Gasteiger partial charge is 0.319 e. The molecule has 0 fully saturated rings. The predicted octanol–water partition coefficient (Wildman–Crippen LogP) is 1.92. The second kappa shape index (κ2) is 8.19. The molecule has 134 valence electrons. The number of nitrogens with one attached hydrogen (secondary N) is 2. The number of benzene rings is 2. The van der Waals surface area contributed by atoms with Gasteiger partial charge in [-0.15, -0.1) is 0 Å². The van der Waals surface area contributed by atoms with Crippen LogP contribution in [0.25, 0.3) is 0 Å². The van der Waals surface area contributed by atoms with Crippen molar-refractivity contribution in [1.29, 1.82) is 0 Å². The van der Waals surface area contributed by atoms with Gasteiger partial charge in [-0.3, -0.25) is 4.79 Å². The molecule has 0 heterocycles. The van der Waals surface area contributed by atoms with Crippen molar-refractivity contribution in [3.05, 3.63) is 59.9 Å². The molecule has 2 N–H and O–H groups in total. The van der Waals surface area contributed by atoms with Gasteiger partial charge >= 0.3 is 0 Å². The van der Waals surface area contributed by atoms with Crippen LogP contribution in [0.15, 0.2) is 53.4 Å². The minimum atomic E-state index is -3.72. The Morgan fingerprint density at radius 3 is 2.52 bits per heavy atom. The van der Waals surface area contributed by atoms with Crippen LogP contribution in [0.2, 0.25) is 0 Å². The second-order valence-corrected chi connectivity index (χ2v) is 7.43. The third-order valence-corrected chi connectivity index (χ3v) is 4.84. The first-order valence-corrected chi connectivity index (χ1v) is 9.08. The van der Waals surface area contributed by atoms with Gasteiger partial charge in [-0.25, -0.2) is 17.5 Å². The van der Waals surface area contributed by atoms with Crippen LogP contribution in [0.4, 0.5) is 10.1 Å². The van der Waals surface area contributed by atoms with Crippen LogP contribution < -0.4 is 10.0 Å². The molecule has 8 heteroatoms. The molecule has 2 rings (SSSR count). The molecular formula is C17H20FN3O3S. The molecule has 0 radical (unpaired) electrons. The van der Waals surface area contributed by atoms with E-state index >= 15 is 0 Å². The minimum absolute atomic E-state index is 0.0209. The number of sulfonamides is 1. The first kappa shape index (κ1) is 19.0. The maximum atomic E-state index is 13.6. The lowest BCUT2D eigenvalue weighted by Gasteiger charge is -2.12. The number of rotatable bonds is 7. The van der Waals surface area contributed by atoms with Gasteiger partial charge in [0.25, 0.3) is 5.91 Å². The number of nitrogens with zero attached hydrogens (tertiary/aromatic N) is 1. The lowest BCUT2D eigenvalue weighted by Crippen LogP contribution is -2.31. The van der Waals surface area contributed by atoms with Crippen LogP contribution in [-0.2, 0) is 10.0 Å².